The molecule has 6 heteroatoms. The highest BCUT2D eigenvalue weighted by atomic mass is 16.5. The molecular weight excluding hydrogens is 284 g/mol. The van der Waals surface area contributed by atoms with Crippen LogP contribution >= 0.6 is 0 Å². The number of amides is 2. The van der Waals surface area contributed by atoms with Gasteiger partial charge in [0.15, 0.2) is 6.61 Å². The van der Waals surface area contributed by atoms with Crippen LogP contribution in [-0.4, -0.2) is 24.7 Å². The minimum absolute atomic E-state index is 0.254. The molecule has 2 N–H and O–H groups in total. The van der Waals surface area contributed by atoms with Gasteiger partial charge in [0.25, 0.3) is 11.8 Å². The molecule has 0 radical (unpaired) electrons. The highest BCUT2D eigenvalue weighted by molar-refractivity contribution is 5.95. The summed E-state index contributed by atoms with van der Waals surface area (Å²) >= 11 is 0. The van der Waals surface area contributed by atoms with Gasteiger partial charge in [-0.05, 0) is 36.4 Å². The summed E-state index contributed by atoms with van der Waals surface area (Å²) in [6, 6.07) is 14.8. The molecule has 0 atom stereocenters. The normalized spacial score (nSPS) is 9.64. The molecule has 0 saturated carbocycles. The smallest absolute Gasteiger partial charge is 0.276 e. The summed E-state index contributed by atoms with van der Waals surface area (Å²) in [5, 5.41) is 0. The van der Waals surface area contributed by atoms with Gasteiger partial charge in [-0.3, -0.25) is 25.2 Å². The first-order chi connectivity index (χ1) is 10.7. The molecular formula is C16H14N2O4. The molecule has 112 valence electrons. The van der Waals surface area contributed by atoms with Gasteiger partial charge in [-0.25, -0.2) is 0 Å². The summed E-state index contributed by atoms with van der Waals surface area (Å²) in [6.45, 7) is -0.254. The molecule has 0 aliphatic rings. The number of hydrogen-bond acceptors (Lipinski definition) is 4. The van der Waals surface area contributed by atoms with E-state index in [1.165, 1.54) is 0 Å². The fourth-order valence-electron chi connectivity index (χ4n) is 1.62. The number of rotatable bonds is 5. The lowest BCUT2D eigenvalue weighted by atomic mass is 10.2. The first-order valence-corrected chi connectivity index (χ1v) is 6.51. The number of nitrogens with one attached hydrogen (secondary N) is 2. The van der Waals surface area contributed by atoms with Gasteiger partial charge in [0, 0.05) is 11.1 Å². The second-order valence-corrected chi connectivity index (χ2v) is 4.34. The fourth-order valence-corrected chi connectivity index (χ4v) is 1.62. The Morgan fingerprint density at radius 3 is 2.27 bits per heavy atom. The van der Waals surface area contributed by atoms with Crippen LogP contribution in [0.15, 0.2) is 54.6 Å². The molecule has 2 aromatic rings. The van der Waals surface area contributed by atoms with Crippen LogP contribution in [0.2, 0.25) is 0 Å². The Morgan fingerprint density at radius 2 is 1.64 bits per heavy atom. The maximum atomic E-state index is 11.7. The molecule has 22 heavy (non-hydrogen) atoms. The van der Waals surface area contributed by atoms with Gasteiger partial charge < -0.3 is 4.74 Å². The zero-order valence-electron chi connectivity index (χ0n) is 11.6. The van der Waals surface area contributed by atoms with Crippen LogP contribution in [0.25, 0.3) is 0 Å². The Hall–Kier alpha value is -3.15. The zero-order chi connectivity index (χ0) is 15.8. The monoisotopic (exact) mass is 298 g/mol. The van der Waals surface area contributed by atoms with E-state index in [1.54, 1.807) is 54.6 Å². The van der Waals surface area contributed by atoms with Crippen molar-refractivity contribution in [1.29, 1.82) is 0 Å². The molecule has 0 spiro atoms. The van der Waals surface area contributed by atoms with Crippen LogP contribution in [-0.2, 0) is 4.79 Å². The lowest BCUT2D eigenvalue weighted by Crippen LogP contribution is -2.43. The van der Waals surface area contributed by atoms with Gasteiger partial charge in [-0.2, -0.15) is 0 Å². The van der Waals surface area contributed by atoms with Crippen molar-refractivity contribution >= 4 is 18.1 Å². The third-order valence-electron chi connectivity index (χ3n) is 2.74. The Morgan fingerprint density at radius 1 is 0.955 bits per heavy atom. The molecule has 0 aliphatic heterocycles. The zero-order valence-corrected chi connectivity index (χ0v) is 11.6. The van der Waals surface area contributed by atoms with Crippen molar-refractivity contribution in [2.24, 2.45) is 0 Å². The minimum Gasteiger partial charge on any atom is -0.484 e. The average Bonchev–Trinajstić information content (AvgIpc) is 2.59. The molecule has 2 rings (SSSR count). The second kappa shape index (κ2) is 7.58. The van der Waals surface area contributed by atoms with E-state index in [0.717, 1.165) is 6.29 Å². The van der Waals surface area contributed by atoms with Crippen molar-refractivity contribution in [1.82, 2.24) is 10.9 Å². The summed E-state index contributed by atoms with van der Waals surface area (Å²) in [5.74, 6) is -0.455. The third kappa shape index (κ3) is 4.45. The van der Waals surface area contributed by atoms with Gasteiger partial charge in [0.05, 0.1) is 0 Å². The van der Waals surface area contributed by atoms with Crippen molar-refractivity contribution in [2.45, 2.75) is 0 Å². The Kier molecular flexibility index (Phi) is 5.25. The number of ether oxygens (including phenoxy) is 1. The molecule has 0 aromatic heterocycles. The number of hydrogen-bond donors (Lipinski definition) is 2. The quantitative estimate of drug-likeness (QED) is 0.644. The van der Waals surface area contributed by atoms with Crippen molar-refractivity contribution in [3.8, 4) is 5.75 Å². The topological polar surface area (TPSA) is 84.5 Å². The van der Waals surface area contributed by atoms with E-state index in [9.17, 15) is 14.4 Å². The van der Waals surface area contributed by atoms with Crippen LogP contribution in [0.4, 0.5) is 0 Å². The molecule has 0 heterocycles. The second-order valence-electron chi connectivity index (χ2n) is 4.34. The lowest BCUT2D eigenvalue weighted by molar-refractivity contribution is -0.123. The predicted molar refractivity (Wildman–Crippen MR) is 79.4 cm³/mol. The van der Waals surface area contributed by atoms with Crippen molar-refractivity contribution in [3.63, 3.8) is 0 Å². The van der Waals surface area contributed by atoms with E-state index in [0.29, 0.717) is 16.9 Å². The first-order valence-electron chi connectivity index (χ1n) is 6.51. The lowest BCUT2D eigenvalue weighted by Gasteiger charge is -2.08. The SMILES string of the molecule is O=Cc1ccc(OCC(=O)NNC(=O)c2ccccc2)cc1. The maximum Gasteiger partial charge on any atom is 0.276 e. The summed E-state index contributed by atoms with van der Waals surface area (Å²) in [5.41, 5.74) is 5.50. The molecule has 6 nitrogen and oxygen atoms in total. The van der Waals surface area contributed by atoms with Crippen LogP contribution in [0, 0.1) is 0 Å². The molecule has 0 unspecified atom stereocenters. The van der Waals surface area contributed by atoms with Gasteiger partial charge in [0.1, 0.15) is 12.0 Å². The van der Waals surface area contributed by atoms with E-state index in [4.69, 9.17) is 4.74 Å². The van der Waals surface area contributed by atoms with Gasteiger partial charge in [-0.15, -0.1) is 0 Å². The standard InChI is InChI=1S/C16H14N2O4/c19-10-12-6-8-14(9-7-12)22-11-15(20)17-18-16(21)13-4-2-1-3-5-13/h1-10H,11H2,(H,17,20)(H,18,21). The van der Waals surface area contributed by atoms with Crippen LogP contribution in [0.3, 0.4) is 0 Å². The van der Waals surface area contributed by atoms with E-state index in [-0.39, 0.29) is 6.61 Å². The average molecular weight is 298 g/mol. The summed E-state index contributed by atoms with van der Waals surface area (Å²) < 4.78 is 5.23. The third-order valence-corrected chi connectivity index (χ3v) is 2.74. The van der Waals surface area contributed by atoms with E-state index in [1.807, 2.05) is 0 Å². The van der Waals surface area contributed by atoms with Crippen LogP contribution < -0.4 is 15.6 Å². The predicted octanol–water partition coefficient (Wildman–Crippen LogP) is 1.34. The minimum atomic E-state index is -0.497. The highest BCUT2D eigenvalue weighted by Gasteiger charge is 2.07. The Balaban J connectivity index is 1.76. The molecule has 0 bridgehead atoms. The highest BCUT2D eigenvalue weighted by Crippen LogP contribution is 2.10. The summed E-state index contributed by atoms with van der Waals surface area (Å²) in [7, 11) is 0. The fraction of sp³-hybridized carbons (Fsp3) is 0.0625. The van der Waals surface area contributed by atoms with E-state index in [2.05, 4.69) is 10.9 Å². The molecule has 0 saturated heterocycles. The first kappa shape index (κ1) is 15.2. The van der Waals surface area contributed by atoms with Crippen molar-refractivity contribution in [2.75, 3.05) is 6.61 Å². The molecule has 2 aromatic carbocycles. The summed E-state index contributed by atoms with van der Waals surface area (Å²) in [6.07, 6.45) is 0.718. The number of aldehydes is 1. The number of carbonyl (C=O) groups excluding carboxylic acids is 3. The molecule has 2 amide bonds. The van der Waals surface area contributed by atoms with E-state index >= 15 is 0 Å². The van der Waals surface area contributed by atoms with E-state index < -0.39 is 11.8 Å². The van der Waals surface area contributed by atoms with Gasteiger partial charge in [-0.1, -0.05) is 18.2 Å². The van der Waals surface area contributed by atoms with Gasteiger partial charge >= 0.3 is 0 Å². The van der Waals surface area contributed by atoms with Crippen molar-refractivity contribution < 1.29 is 19.1 Å². The summed E-state index contributed by atoms with van der Waals surface area (Å²) in [4.78, 5) is 33.8. The number of benzene rings is 2. The van der Waals surface area contributed by atoms with Crippen LogP contribution in [0.5, 0.6) is 5.75 Å². The van der Waals surface area contributed by atoms with Crippen LogP contribution in [0.1, 0.15) is 20.7 Å². The number of hydrazine groups is 1. The largest absolute Gasteiger partial charge is 0.484 e. The Labute approximate surface area is 127 Å². The Bertz CT molecular complexity index is 654. The molecule has 0 aliphatic carbocycles. The number of carbonyl (C=O) groups is 3. The maximum absolute atomic E-state index is 11.7. The molecule has 0 fully saturated rings. The van der Waals surface area contributed by atoms with Crippen molar-refractivity contribution in [3.05, 3.63) is 65.7 Å². The van der Waals surface area contributed by atoms with Gasteiger partial charge in [0.2, 0.25) is 0 Å².